The van der Waals surface area contributed by atoms with Crippen LogP contribution in [0.3, 0.4) is 0 Å². The summed E-state index contributed by atoms with van der Waals surface area (Å²) in [4.78, 5) is 75.2. The van der Waals surface area contributed by atoms with Crippen LogP contribution in [0.4, 0.5) is 0 Å². The first kappa shape index (κ1) is 61.8. The van der Waals surface area contributed by atoms with Crippen molar-refractivity contribution in [3.8, 4) is 0 Å². The molecule has 65 heavy (non-hydrogen) atoms. The Morgan fingerprint density at radius 3 is 1.11 bits per heavy atom. The molecule has 0 spiro atoms. The Balaban J connectivity index is 5.15. The standard InChI is InChI=1S/C53H97NO11/c1-5-9-13-17-19-27-35-45(33-25-15-11-7-3)52(61)63-41-31-23-21-29-37-47(65-51(60)44-54(43-50(58)59)48(55)39-40-49(56)57)38-30-22-24-32-42-64-53(62)46(34-26-16-12-8-4)36-28-20-18-14-10-6-2/h45-47H,5-44H2,1-4H3,(H,56,57)(H,58,59). The third kappa shape index (κ3) is 38.6. The third-order valence-corrected chi connectivity index (χ3v) is 12.5. The van der Waals surface area contributed by atoms with Gasteiger partial charge >= 0.3 is 29.8 Å². The van der Waals surface area contributed by atoms with Crippen LogP contribution in [0.15, 0.2) is 0 Å². The van der Waals surface area contributed by atoms with E-state index in [1.807, 2.05) is 0 Å². The van der Waals surface area contributed by atoms with Crippen LogP contribution in [0.25, 0.3) is 0 Å². The highest BCUT2D eigenvalue weighted by molar-refractivity contribution is 5.87. The number of hydrogen-bond acceptors (Lipinski definition) is 9. The van der Waals surface area contributed by atoms with Crippen LogP contribution in [0.2, 0.25) is 0 Å². The van der Waals surface area contributed by atoms with Crippen molar-refractivity contribution in [2.75, 3.05) is 26.3 Å². The van der Waals surface area contributed by atoms with Gasteiger partial charge in [0.25, 0.3) is 0 Å². The Morgan fingerprint density at radius 1 is 0.400 bits per heavy atom. The number of hydrogen-bond donors (Lipinski definition) is 2. The van der Waals surface area contributed by atoms with Crippen molar-refractivity contribution in [3.63, 3.8) is 0 Å². The second kappa shape index (κ2) is 44.6. The molecule has 0 aromatic rings. The van der Waals surface area contributed by atoms with Crippen LogP contribution in [-0.2, 0) is 43.0 Å². The zero-order valence-corrected chi connectivity index (χ0v) is 42.0. The predicted molar refractivity (Wildman–Crippen MR) is 260 cm³/mol. The molecule has 2 atom stereocenters. The van der Waals surface area contributed by atoms with Crippen molar-refractivity contribution in [3.05, 3.63) is 0 Å². The highest BCUT2D eigenvalue weighted by Crippen LogP contribution is 2.23. The molecule has 0 bridgehead atoms. The Bertz CT molecular complexity index is 1150. The summed E-state index contributed by atoms with van der Waals surface area (Å²) in [7, 11) is 0. The molecule has 380 valence electrons. The fraction of sp³-hybridized carbons (Fsp3) is 0.887. The van der Waals surface area contributed by atoms with E-state index in [1.165, 1.54) is 64.2 Å². The average molecular weight is 924 g/mol. The van der Waals surface area contributed by atoms with E-state index in [4.69, 9.17) is 19.3 Å². The molecule has 0 heterocycles. The molecule has 0 aliphatic rings. The molecule has 0 aliphatic carbocycles. The lowest BCUT2D eigenvalue weighted by molar-refractivity contribution is -0.156. The van der Waals surface area contributed by atoms with Crippen LogP contribution in [0, 0.1) is 11.8 Å². The van der Waals surface area contributed by atoms with E-state index in [9.17, 15) is 33.9 Å². The average Bonchev–Trinajstić information content (AvgIpc) is 3.27. The molecule has 12 nitrogen and oxygen atoms in total. The monoisotopic (exact) mass is 924 g/mol. The first-order chi connectivity index (χ1) is 31.5. The Hall–Kier alpha value is -3.18. The van der Waals surface area contributed by atoms with Crippen LogP contribution < -0.4 is 0 Å². The van der Waals surface area contributed by atoms with Gasteiger partial charge in [-0.15, -0.1) is 0 Å². The zero-order chi connectivity index (χ0) is 48.2. The second-order valence-electron chi connectivity index (χ2n) is 18.6. The minimum atomic E-state index is -1.31. The number of nitrogens with zero attached hydrogens (tertiary/aromatic N) is 1. The molecule has 0 aromatic carbocycles. The summed E-state index contributed by atoms with van der Waals surface area (Å²) in [6, 6.07) is 0. The highest BCUT2D eigenvalue weighted by Gasteiger charge is 2.24. The lowest BCUT2D eigenvalue weighted by atomic mass is 9.94. The summed E-state index contributed by atoms with van der Waals surface area (Å²) in [6.45, 7) is 8.30. The van der Waals surface area contributed by atoms with E-state index < -0.39 is 55.9 Å². The van der Waals surface area contributed by atoms with Crippen LogP contribution in [-0.4, -0.2) is 83.3 Å². The number of amides is 1. The van der Waals surface area contributed by atoms with E-state index in [-0.39, 0.29) is 23.8 Å². The molecule has 12 heteroatoms. The number of carbonyl (C=O) groups is 6. The van der Waals surface area contributed by atoms with Crippen molar-refractivity contribution in [2.24, 2.45) is 11.8 Å². The number of esters is 3. The molecule has 0 saturated heterocycles. The molecule has 2 N–H and O–H groups in total. The molecular formula is C53H97NO11. The maximum Gasteiger partial charge on any atom is 0.325 e. The topological polar surface area (TPSA) is 174 Å². The van der Waals surface area contributed by atoms with Crippen LogP contribution in [0.5, 0.6) is 0 Å². The minimum absolute atomic E-state index is 0.0282. The summed E-state index contributed by atoms with van der Waals surface area (Å²) >= 11 is 0. The smallest absolute Gasteiger partial charge is 0.325 e. The first-order valence-electron chi connectivity index (χ1n) is 26.7. The number of ether oxygens (including phenoxy) is 3. The van der Waals surface area contributed by atoms with Gasteiger partial charge in [0.2, 0.25) is 5.91 Å². The van der Waals surface area contributed by atoms with Gasteiger partial charge in [-0.25, -0.2) is 0 Å². The van der Waals surface area contributed by atoms with Gasteiger partial charge in [-0.1, -0.05) is 182 Å². The molecule has 0 aromatic heterocycles. The maximum atomic E-state index is 13.1. The first-order valence-corrected chi connectivity index (χ1v) is 26.7. The number of aliphatic carboxylic acids is 2. The number of carboxylic acids is 2. The predicted octanol–water partition coefficient (Wildman–Crippen LogP) is 13.3. The summed E-state index contributed by atoms with van der Waals surface area (Å²) in [5.74, 6) is -4.15. The minimum Gasteiger partial charge on any atom is -0.481 e. The fourth-order valence-corrected chi connectivity index (χ4v) is 8.38. The van der Waals surface area contributed by atoms with Gasteiger partial charge in [0.1, 0.15) is 19.2 Å². The molecule has 0 aliphatic heterocycles. The van der Waals surface area contributed by atoms with E-state index in [0.717, 1.165) is 146 Å². The van der Waals surface area contributed by atoms with E-state index in [2.05, 4.69) is 27.7 Å². The van der Waals surface area contributed by atoms with Gasteiger partial charge in [0, 0.05) is 6.42 Å². The maximum absolute atomic E-state index is 13.1. The van der Waals surface area contributed by atoms with Crippen molar-refractivity contribution in [1.82, 2.24) is 4.90 Å². The van der Waals surface area contributed by atoms with Crippen LogP contribution in [0.1, 0.15) is 259 Å². The number of rotatable bonds is 48. The van der Waals surface area contributed by atoms with Crippen molar-refractivity contribution in [1.29, 1.82) is 0 Å². The SMILES string of the molecule is CCCCCCCCC(CCCCCC)C(=O)OCCCCCCC(CCCCCCOC(=O)C(CCCCCC)CCCCCCCC)OC(=O)CN(CC(=O)O)C(=O)CCC(=O)O. The largest absolute Gasteiger partial charge is 0.481 e. The van der Waals surface area contributed by atoms with Gasteiger partial charge in [-0.2, -0.15) is 0 Å². The second-order valence-corrected chi connectivity index (χ2v) is 18.6. The van der Waals surface area contributed by atoms with E-state index in [0.29, 0.717) is 26.1 Å². The quantitative estimate of drug-likeness (QED) is 0.0338. The number of unbranched alkanes of at least 4 members (excludes halogenated alkanes) is 22. The van der Waals surface area contributed by atoms with Gasteiger partial charge in [-0.3, -0.25) is 28.8 Å². The molecular weight excluding hydrogens is 827 g/mol. The van der Waals surface area contributed by atoms with E-state index in [1.54, 1.807) is 0 Å². The molecule has 0 saturated carbocycles. The third-order valence-electron chi connectivity index (χ3n) is 12.5. The Morgan fingerprint density at radius 2 is 0.738 bits per heavy atom. The normalized spacial score (nSPS) is 12.6. The van der Waals surface area contributed by atoms with Crippen molar-refractivity contribution in [2.45, 2.75) is 265 Å². The van der Waals surface area contributed by atoms with Gasteiger partial charge in [0.15, 0.2) is 0 Å². The van der Waals surface area contributed by atoms with Gasteiger partial charge in [0.05, 0.1) is 31.5 Å². The molecule has 0 radical (unpaired) electrons. The summed E-state index contributed by atoms with van der Waals surface area (Å²) in [5, 5.41) is 18.3. The molecule has 1 amide bonds. The lowest BCUT2D eigenvalue weighted by Crippen LogP contribution is -2.40. The van der Waals surface area contributed by atoms with Crippen molar-refractivity contribution < 1.29 is 53.2 Å². The molecule has 2 unspecified atom stereocenters. The van der Waals surface area contributed by atoms with Gasteiger partial charge < -0.3 is 29.3 Å². The Kier molecular flexibility index (Phi) is 42.5. The summed E-state index contributed by atoms with van der Waals surface area (Å²) < 4.78 is 17.4. The Labute approximate surface area is 395 Å². The molecule has 0 rings (SSSR count). The van der Waals surface area contributed by atoms with Crippen LogP contribution >= 0.6 is 0 Å². The zero-order valence-electron chi connectivity index (χ0n) is 42.0. The number of carboxylic acid groups (broad SMARTS) is 2. The summed E-state index contributed by atoms with van der Waals surface area (Å²) in [5.41, 5.74) is 0. The highest BCUT2D eigenvalue weighted by atomic mass is 16.5. The lowest BCUT2D eigenvalue weighted by Gasteiger charge is -2.23. The van der Waals surface area contributed by atoms with Gasteiger partial charge in [-0.05, 0) is 64.2 Å². The molecule has 0 fully saturated rings. The fourth-order valence-electron chi connectivity index (χ4n) is 8.38. The van der Waals surface area contributed by atoms with E-state index >= 15 is 0 Å². The summed E-state index contributed by atoms with van der Waals surface area (Å²) in [6.07, 6.45) is 33.4. The van der Waals surface area contributed by atoms with Crippen molar-refractivity contribution >= 4 is 35.8 Å². The number of carbonyl (C=O) groups excluding carboxylic acids is 4.